The van der Waals surface area contributed by atoms with Gasteiger partial charge in [0.15, 0.2) is 0 Å². The van der Waals surface area contributed by atoms with E-state index in [9.17, 15) is 10.2 Å². The van der Waals surface area contributed by atoms with E-state index in [4.69, 9.17) is 0 Å². The summed E-state index contributed by atoms with van der Waals surface area (Å²) in [6, 6.07) is 14.9. The Kier molecular flexibility index (Phi) is 3.46. The predicted octanol–water partition coefficient (Wildman–Crippen LogP) is 4.51. The molecule has 0 bridgehead atoms. The summed E-state index contributed by atoms with van der Waals surface area (Å²) in [6.07, 6.45) is 4.36. The highest BCUT2D eigenvalue weighted by molar-refractivity contribution is 5.50. The number of phenols is 2. The van der Waals surface area contributed by atoms with Gasteiger partial charge in [-0.05, 0) is 54.7 Å². The number of rotatable bonds is 2. The van der Waals surface area contributed by atoms with Crippen LogP contribution in [0.1, 0.15) is 36.8 Å². The van der Waals surface area contributed by atoms with Crippen molar-refractivity contribution in [1.82, 2.24) is 0 Å². The summed E-state index contributed by atoms with van der Waals surface area (Å²) < 4.78 is 0. The lowest BCUT2D eigenvalue weighted by Crippen LogP contribution is -2.32. The van der Waals surface area contributed by atoms with E-state index in [0.29, 0.717) is 0 Å². The summed E-state index contributed by atoms with van der Waals surface area (Å²) >= 11 is 0. The van der Waals surface area contributed by atoms with Gasteiger partial charge < -0.3 is 10.2 Å². The van der Waals surface area contributed by atoms with Gasteiger partial charge in [0, 0.05) is 5.41 Å². The molecule has 1 fully saturated rings. The molecule has 1 aliphatic carbocycles. The average molecular weight is 280 g/mol. The zero-order valence-electron chi connectivity index (χ0n) is 12.0. The number of benzene rings is 2. The molecule has 3 rings (SSSR count). The molecule has 1 saturated carbocycles. The summed E-state index contributed by atoms with van der Waals surface area (Å²) in [5.74, 6) is 0.557. The Hall–Kier alpha value is -2.22. The minimum absolute atomic E-state index is 0.209. The molecule has 2 aromatic carbocycles. The van der Waals surface area contributed by atoms with Crippen LogP contribution in [-0.2, 0) is 5.41 Å². The van der Waals surface area contributed by atoms with Crippen LogP contribution >= 0.6 is 0 Å². The molecule has 0 spiro atoms. The lowest BCUT2D eigenvalue weighted by molar-refractivity contribution is 0.439. The van der Waals surface area contributed by atoms with Crippen LogP contribution in [0.25, 0.3) is 0 Å². The van der Waals surface area contributed by atoms with Gasteiger partial charge in [-0.25, -0.2) is 0 Å². The summed E-state index contributed by atoms with van der Waals surface area (Å²) in [5.41, 5.74) is 3.33. The molecule has 2 N–H and O–H groups in total. The van der Waals surface area contributed by atoms with Crippen molar-refractivity contribution in [2.75, 3.05) is 0 Å². The molecule has 0 radical (unpaired) electrons. The third-order valence-electron chi connectivity index (χ3n) is 4.60. The van der Waals surface area contributed by atoms with Gasteiger partial charge in [0.05, 0.1) is 0 Å². The quantitative estimate of drug-likeness (QED) is 0.794. The van der Waals surface area contributed by atoms with Crippen molar-refractivity contribution in [3.8, 4) is 11.5 Å². The second kappa shape index (κ2) is 5.28. The highest BCUT2D eigenvalue weighted by atomic mass is 16.3. The molecule has 2 heteroatoms. The van der Waals surface area contributed by atoms with E-state index in [2.05, 4.69) is 6.58 Å². The van der Waals surface area contributed by atoms with E-state index in [0.717, 1.165) is 30.4 Å². The smallest absolute Gasteiger partial charge is 0.115 e. The van der Waals surface area contributed by atoms with Crippen molar-refractivity contribution in [1.29, 1.82) is 0 Å². The molecular weight excluding hydrogens is 260 g/mol. The summed E-state index contributed by atoms with van der Waals surface area (Å²) in [5, 5.41) is 19.1. The summed E-state index contributed by atoms with van der Waals surface area (Å²) in [4.78, 5) is 0. The van der Waals surface area contributed by atoms with Crippen LogP contribution in [-0.4, -0.2) is 10.2 Å². The Bertz CT molecular complexity index is 593. The van der Waals surface area contributed by atoms with E-state index in [-0.39, 0.29) is 16.9 Å². The highest BCUT2D eigenvalue weighted by Crippen LogP contribution is 2.48. The first-order valence-corrected chi connectivity index (χ1v) is 7.40. The van der Waals surface area contributed by atoms with Crippen molar-refractivity contribution >= 4 is 0 Å². The predicted molar refractivity (Wildman–Crippen MR) is 84.6 cm³/mol. The highest BCUT2D eigenvalue weighted by Gasteiger charge is 2.38. The molecule has 108 valence electrons. The molecule has 0 aliphatic heterocycles. The fourth-order valence-corrected chi connectivity index (χ4v) is 3.47. The maximum atomic E-state index is 9.56. The topological polar surface area (TPSA) is 40.5 Å². The van der Waals surface area contributed by atoms with Crippen LogP contribution in [0.3, 0.4) is 0 Å². The molecule has 1 aliphatic rings. The Morgan fingerprint density at radius 3 is 1.67 bits per heavy atom. The second-order valence-electron chi connectivity index (χ2n) is 5.81. The van der Waals surface area contributed by atoms with E-state index < -0.39 is 0 Å². The van der Waals surface area contributed by atoms with Crippen molar-refractivity contribution in [3.05, 3.63) is 71.8 Å². The molecule has 0 heterocycles. The van der Waals surface area contributed by atoms with Crippen LogP contribution in [0, 0.1) is 0 Å². The zero-order chi connectivity index (χ0) is 14.9. The van der Waals surface area contributed by atoms with Crippen molar-refractivity contribution < 1.29 is 10.2 Å². The largest absolute Gasteiger partial charge is 0.508 e. The molecule has 0 atom stereocenters. The third-order valence-corrected chi connectivity index (χ3v) is 4.60. The number of aromatic hydroxyl groups is 2. The first-order valence-electron chi connectivity index (χ1n) is 7.40. The molecule has 0 unspecified atom stereocenters. The standard InChI is InChI=1S/C19H20O2/c1-14-4-2-3-13-19(14,15-5-9-17(20)10-6-15)16-7-11-18(21)12-8-16/h5-12,20-21H,1-4,13H2. The number of phenolic OH excluding ortho intramolecular Hbond substituents is 2. The maximum absolute atomic E-state index is 9.56. The van der Waals surface area contributed by atoms with E-state index in [1.807, 2.05) is 24.3 Å². The van der Waals surface area contributed by atoms with Gasteiger partial charge in [0.1, 0.15) is 11.5 Å². The average Bonchev–Trinajstić information content (AvgIpc) is 2.50. The molecule has 0 aromatic heterocycles. The normalized spacial score (nSPS) is 17.6. The monoisotopic (exact) mass is 280 g/mol. The minimum Gasteiger partial charge on any atom is -0.508 e. The lowest BCUT2D eigenvalue weighted by Gasteiger charge is -2.40. The van der Waals surface area contributed by atoms with E-state index >= 15 is 0 Å². The third kappa shape index (κ3) is 2.31. The molecule has 21 heavy (non-hydrogen) atoms. The molecule has 0 saturated heterocycles. The summed E-state index contributed by atoms with van der Waals surface area (Å²) in [7, 11) is 0. The van der Waals surface area contributed by atoms with Gasteiger partial charge in [-0.15, -0.1) is 0 Å². The summed E-state index contributed by atoms with van der Waals surface area (Å²) in [6.45, 7) is 4.34. The first-order chi connectivity index (χ1) is 10.1. The van der Waals surface area contributed by atoms with Gasteiger partial charge in [0.25, 0.3) is 0 Å². The number of hydrogen-bond donors (Lipinski definition) is 2. The first kappa shape index (κ1) is 13.7. The van der Waals surface area contributed by atoms with Gasteiger partial charge in [0.2, 0.25) is 0 Å². The van der Waals surface area contributed by atoms with Gasteiger partial charge in [-0.3, -0.25) is 0 Å². The van der Waals surface area contributed by atoms with E-state index in [1.54, 1.807) is 24.3 Å². The Morgan fingerprint density at radius 1 is 0.762 bits per heavy atom. The van der Waals surface area contributed by atoms with E-state index in [1.165, 1.54) is 12.0 Å². The number of allylic oxidation sites excluding steroid dienone is 1. The fraction of sp³-hybridized carbons (Fsp3) is 0.263. The SMILES string of the molecule is C=C1CCCCC1(c1ccc(O)cc1)c1ccc(O)cc1. The van der Waals surface area contributed by atoms with Crippen LogP contribution in [0.15, 0.2) is 60.7 Å². The Morgan fingerprint density at radius 2 is 1.24 bits per heavy atom. The molecule has 2 aromatic rings. The van der Waals surface area contributed by atoms with Crippen molar-refractivity contribution in [2.24, 2.45) is 0 Å². The van der Waals surface area contributed by atoms with Gasteiger partial charge in [-0.1, -0.05) is 42.8 Å². The lowest BCUT2D eigenvalue weighted by atomic mass is 9.63. The molecular formula is C19H20O2. The Labute approximate surface area is 125 Å². The van der Waals surface area contributed by atoms with Crippen molar-refractivity contribution in [2.45, 2.75) is 31.1 Å². The van der Waals surface area contributed by atoms with Crippen LogP contribution in [0.4, 0.5) is 0 Å². The maximum Gasteiger partial charge on any atom is 0.115 e. The Balaban J connectivity index is 2.17. The fourth-order valence-electron chi connectivity index (χ4n) is 3.47. The van der Waals surface area contributed by atoms with Crippen LogP contribution in [0.2, 0.25) is 0 Å². The van der Waals surface area contributed by atoms with Crippen molar-refractivity contribution in [3.63, 3.8) is 0 Å². The minimum atomic E-state index is -0.209. The van der Waals surface area contributed by atoms with Gasteiger partial charge >= 0.3 is 0 Å². The van der Waals surface area contributed by atoms with Crippen LogP contribution in [0.5, 0.6) is 11.5 Å². The van der Waals surface area contributed by atoms with Gasteiger partial charge in [-0.2, -0.15) is 0 Å². The molecule has 0 amide bonds. The number of hydrogen-bond acceptors (Lipinski definition) is 2. The second-order valence-corrected chi connectivity index (χ2v) is 5.81. The van der Waals surface area contributed by atoms with Crippen LogP contribution < -0.4 is 0 Å². The zero-order valence-corrected chi connectivity index (χ0v) is 12.0. The molecule has 2 nitrogen and oxygen atoms in total.